The van der Waals surface area contributed by atoms with Crippen molar-refractivity contribution in [2.75, 3.05) is 18.0 Å². The van der Waals surface area contributed by atoms with E-state index in [1.54, 1.807) is 12.3 Å². The molecule has 3 aromatic rings. The zero-order chi connectivity index (χ0) is 21.5. The van der Waals surface area contributed by atoms with Crippen molar-refractivity contribution in [2.45, 2.75) is 25.3 Å². The highest BCUT2D eigenvalue weighted by atomic mass is 16.1. The van der Waals surface area contributed by atoms with E-state index in [4.69, 9.17) is 5.26 Å². The molecule has 0 saturated carbocycles. The Morgan fingerprint density at radius 2 is 1.71 bits per heavy atom. The van der Waals surface area contributed by atoms with Gasteiger partial charge in [0.15, 0.2) is 0 Å². The maximum atomic E-state index is 13.1. The molecule has 1 amide bonds. The summed E-state index contributed by atoms with van der Waals surface area (Å²) in [4.78, 5) is 19.7. The van der Waals surface area contributed by atoms with Crippen LogP contribution in [-0.2, 0) is 11.2 Å². The summed E-state index contributed by atoms with van der Waals surface area (Å²) < 4.78 is 0. The van der Waals surface area contributed by atoms with Gasteiger partial charge in [-0.1, -0.05) is 60.7 Å². The molecule has 5 nitrogen and oxygen atoms in total. The number of pyridine rings is 1. The van der Waals surface area contributed by atoms with Gasteiger partial charge in [-0.05, 0) is 42.5 Å². The molecule has 0 unspecified atom stereocenters. The fourth-order valence-corrected chi connectivity index (χ4v) is 4.09. The molecule has 156 valence electrons. The van der Waals surface area contributed by atoms with E-state index in [0.717, 1.165) is 43.7 Å². The Morgan fingerprint density at radius 3 is 2.32 bits per heavy atom. The molecular weight excluding hydrogens is 384 g/mol. The van der Waals surface area contributed by atoms with Gasteiger partial charge in [0.1, 0.15) is 11.9 Å². The Morgan fingerprint density at radius 1 is 1.03 bits per heavy atom. The second kappa shape index (κ2) is 9.90. The lowest BCUT2D eigenvalue weighted by Gasteiger charge is -2.33. The van der Waals surface area contributed by atoms with Crippen LogP contribution in [0.3, 0.4) is 0 Å². The fraction of sp³-hybridized carbons (Fsp3) is 0.269. The lowest BCUT2D eigenvalue weighted by atomic mass is 9.93. The van der Waals surface area contributed by atoms with E-state index < -0.39 is 0 Å². The summed E-state index contributed by atoms with van der Waals surface area (Å²) in [6, 6.07) is 26.2. The van der Waals surface area contributed by atoms with Crippen molar-refractivity contribution in [2.24, 2.45) is 5.92 Å². The van der Waals surface area contributed by atoms with Gasteiger partial charge in [0.25, 0.3) is 0 Å². The van der Waals surface area contributed by atoms with Crippen LogP contribution in [0.2, 0.25) is 0 Å². The Kier molecular flexibility index (Phi) is 6.59. The number of nitrogens with one attached hydrogen (secondary N) is 1. The Balaban J connectivity index is 1.39. The molecule has 0 radical (unpaired) electrons. The number of hydrogen-bond donors (Lipinski definition) is 1. The maximum absolute atomic E-state index is 13.1. The molecule has 1 aromatic heterocycles. The number of anilines is 1. The van der Waals surface area contributed by atoms with Crippen molar-refractivity contribution in [3.63, 3.8) is 0 Å². The number of carbonyl (C=O) groups is 1. The van der Waals surface area contributed by atoms with Crippen molar-refractivity contribution in [3.8, 4) is 6.07 Å². The number of hydrogen-bond acceptors (Lipinski definition) is 4. The van der Waals surface area contributed by atoms with Gasteiger partial charge in [-0.25, -0.2) is 4.98 Å². The quantitative estimate of drug-likeness (QED) is 0.659. The lowest BCUT2D eigenvalue weighted by molar-refractivity contribution is -0.126. The van der Waals surface area contributed by atoms with Crippen LogP contribution in [0.25, 0.3) is 0 Å². The summed E-state index contributed by atoms with van der Waals surface area (Å²) in [7, 11) is 0. The smallest absolute Gasteiger partial charge is 0.223 e. The largest absolute Gasteiger partial charge is 0.357 e. The number of rotatable bonds is 6. The van der Waals surface area contributed by atoms with Crippen LogP contribution in [0.15, 0.2) is 79.0 Å². The van der Waals surface area contributed by atoms with Crippen LogP contribution in [0.1, 0.15) is 35.6 Å². The molecule has 4 rings (SSSR count). The molecule has 1 fully saturated rings. The summed E-state index contributed by atoms with van der Waals surface area (Å²) in [5, 5.41) is 12.2. The molecule has 0 aliphatic carbocycles. The first-order chi connectivity index (χ1) is 15.2. The lowest BCUT2D eigenvalue weighted by Crippen LogP contribution is -2.42. The highest BCUT2D eigenvalue weighted by Crippen LogP contribution is 2.24. The molecule has 2 aromatic carbocycles. The highest BCUT2D eigenvalue weighted by Gasteiger charge is 2.27. The molecule has 2 heterocycles. The van der Waals surface area contributed by atoms with E-state index in [0.29, 0.717) is 5.56 Å². The van der Waals surface area contributed by atoms with Crippen LogP contribution in [0, 0.1) is 17.2 Å². The number of nitriles is 1. The van der Waals surface area contributed by atoms with Gasteiger partial charge < -0.3 is 10.2 Å². The van der Waals surface area contributed by atoms with Crippen molar-refractivity contribution < 1.29 is 4.79 Å². The van der Waals surface area contributed by atoms with Crippen LogP contribution in [-0.4, -0.2) is 24.0 Å². The third-order valence-electron chi connectivity index (χ3n) is 5.87. The average molecular weight is 411 g/mol. The summed E-state index contributed by atoms with van der Waals surface area (Å²) in [6.45, 7) is 1.57. The Labute approximate surface area is 183 Å². The maximum Gasteiger partial charge on any atom is 0.223 e. The van der Waals surface area contributed by atoms with E-state index in [1.807, 2.05) is 42.5 Å². The zero-order valence-corrected chi connectivity index (χ0v) is 17.4. The van der Waals surface area contributed by atoms with Gasteiger partial charge >= 0.3 is 0 Å². The first-order valence-electron chi connectivity index (χ1n) is 10.7. The van der Waals surface area contributed by atoms with E-state index in [2.05, 4.69) is 45.5 Å². The molecule has 1 saturated heterocycles. The van der Waals surface area contributed by atoms with Gasteiger partial charge in [0.2, 0.25) is 5.91 Å². The van der Waals surface area contributed by atoms with E-state index in [9.17, 15) is 4.79 Å². The summed E-state index contributed by atoms with van der Waals surface area (Å²) in [5.41, 5.74) is 2.89. The first kappa shape index (κ1) is 20.6. The van der Waals surface area contributed by atoms with E-state index in [1.165, 1.54) is 5.56 Å². The van der Waals surface area contributed by atoms with Gasteiger partial charge in [-0.15, -0.1) is 0 Å². The predicted octanol–water partition coefficient (Wildman–Crippen LogP) is 4.27. The standard InChI is InChI=1S/C26H26N4O/c27-18-21-11-12-25(28-19-21)30-15-13-23(14-16-30)26(31)29-24(22-9-5-2-6-10-22)17-20-7-3-1-4-8-20/h1-12,19,23-24H,13-17H2,(H,29,31)/t24-/m0/s1. The first-order valence-corrected chi connectivity index (χ1v) is 10.7. The molecule has 1 aliphatic heterocycles. The van der Waals surface area contributed by atoms with Crippen LogP contribution < -0.4 is 10.2 Å². The number of piperidine rings is 1. The minimum absolute atomic E-state index is 0.00313. The molecular formula is C26H26N4O. The number of aromatic nitrogens is 1. The minimum Gasteiger partial charge on any atom is -0.357 e. The second-order valence-corrected chi connectivity index (χ2v) is 7.94. The molecule has 1 aliphatic rings. The Bertz CT molecular complexity index is 1020. The third-order valence-corrected chi connectivity index (χ3v) is 5.87. The summed E-state index contributed by atoms with van der Waals surface area (Å²) >= 11 is 0. The van der Waals surface area contributed by atoms with Gasteiger partial charge in [0, 0.05) is 25.2 Å². The summed E-state index contributed by atoms with van der Waals surface area (Å²) in [5.74, 6) is 0.984. The SMILES string of the molecule is N#Cc1ccc(N2CCC(C(=O)N[C@@H](Cc3ccccc3)c3ccccc3)CC2)nc1. The molecule has 31 heavy (non-hydrogen) atoms. The highest BCUT2D eigenvalue weighted by molar-refractivity contribution is 5.79. The van der Waals surface area contributed by atoms with Crippen molar-refractivity contribution >= 4 is 11.7 Å². The predicted molar refractivity (Wildman–Crippen MR) is 121 cm³/mol. The van der Waals surface area contributed by atoms with Crippen LogP contribution >= 0.6 is 0 Å². The molecule has 0 bridgehead atoms. The van der Waals surface area contributed by atoms with Crippen molar-refractivity contribution in [3.05, 3.63) is 95.7 Å². The number of carbonyl (C=O) groups excluding carboxylic acids is 1. The molecule has 1 N–H and O–H groups in total. The number of nitrogens with zero attached hydrogens (tertiary/aromatic N) is 3. The third kappa shape index (κ3) is 5.29. The van der Waals surface area contributed by atoms with Gasteiger partial charge in [-0.2, -0.15) is 5.26 Å². The second-order valence-electron chi connectivity index (χ2n) is 7.94. The van der Waals surface area contributed by atoms with Crippen molar-refractivity contribution in [1.29, 1.82) is 5.26 Å². The van der Waals surface area contributed by atoms with Crippen molar-refractivity contribution in [1.82, 2.24) is 10.3 Å². The normalized spacial score (nSPS) is 15.1. The average Bonchev–Trinajstić information content (AvgIpc) is 2.85. The number of benzene rings is 2. The summed E-state index contributed by atoms with van der Waals surface area (Å²) in [6.07, 6.45) is 3.95. The van der Waals surface area contributed by atoms with Gasteiger partial charge in [0.05, 0.1) is 11.6 Å². The monoisotopic (exact) mass is 410 g/mol. The topological polar surface area (TPSA) is 69.0 Å². The van der Waals surface area contributed by atoms with E-state index in [-0.39, 0.29) is 17.9 Å². The Hall–Kier alpha value is -3.65. The number of amides is 1. The van der Waals surface area contributed by atoms with Crippen LogP contribution in [0.5, 0.6) is 0 Å². The minimum atomic E-state index is -0.0469. The molecule has 1 atom stereocenters. The van der Waals surface area contributed by atoms with Gasteiger partial charge in [-0.3, -0.25) is 4.79 Å². The molecule has 0 spiro atoms. The van der Waals surface area contributed by atoms with E-state index >= 15 is 0 Å². The molecule has 5 heteroatoms. The van der Waals surface area contributed by atoms with Crippen LogP contribution in [0.4, 0.5) is 5.82 Å². The zero-order valence-electron chi connectivity index (χ0n) is 17.4. The fourth-order valence-electron chi connectivity index (χ4n) is 4.09.